The summed E-state index contributed by atoms with van der Waals surface area (Å²) < 4.78 is 22.8. The Labute approximate surface area is 218 Å². The van der Waals surface area contributed by atoms with Crippen LogP contribution in [0, 0.1) is 0 Å². The largest absolute Gasteiger partial charge is 0.493 e. The SMILES string of the molecule is COc1cc(C2Nc3sc4c(OC(C)=O)cccc4c3C(=O)N2Cc2ccccc2)cc(OC)c1OC. The van der Waals surface area contributed by atoms with E-state index in [2.05, 4.69) is 5.32 Å². The van der Waals surface area contributed by atoms with E-state index in [4.69, 9.17) is 18.9 Å². The van der Waals surface area contributed by atoms with E-state index in [9.17, 15) is 9.59 Å². The summed E-state index contributed by atoms with van der Waals surface area (Å²) in [4.78, 5) is 27.6. The topological polar surface area (TPSA) is 86.3 Å². The molecule has 0 saturated carbocycles. The highest BCUT2D eigenvalue weighted by Gasteiger charge is 2.37. The van der Waals surface area contributed by atoms with Crippen LogP contribution < -0.4 is 24.3 Å². The number of benzene rings is 3. The number of thiophene rings is 1. The molecule has 2 heterocycles. The summed E-state index contributed by atoms with van der Waals surface area (Å²) in [5.74, 6) is 1.33. The van der Waals surface area contributed by atoms with Crippen LogP contribution in [-0.2, 0) is 11.3 Å². The minimum Gasteiger partial charge on any atom is -0.493 e. The lowest BCUT2D eigenvalue weighted by Crippen LogP contribution is -2.42. The van der Waals surface area contributed by atoms with Gasteiger partial charge in [0.15, 0.2) is 11.5 Å². The molecular formula is C28H26N2O6S. The number of nitrogens with one attached hydrogen (secondary N) is 1. The zero-order chi connectivity index (χ0) is 26.1. The molecular weight excluding hydrogens is 492 g/mol. The maximum atomic E-state index is 14.1. The molecule has 190 valence electrons. The average Bonchev–Trinajstić information content (AvgIpc) is 3.29. The van der Waals surface area contributed by atoms with Gasteiger partial charge in [0, 0.05) is 24.4 Å². The number of hydrogen-bond acceptors (Lipinski definition) is 8. The maximum Gasteiger partial charge on any atom is 0.308 e. The first-order chi connectivity index (χ1) is 17.9. The number of nitrogens with zero attached hydrogens (tertiary/aromatic N) is 1. The lowest BCUT2D eigenvalue weighted by atomic mass is 10.0. The van der Waals surface area contributed by atoms with Gasteiger partial charge in [-0.05, 0) is 23.8 Å². The van der Waals surface area contributed by atoms with E-state index in [1.54, 1.807) is 38.4 Å². The highest BCUT2D eigenvalue weighted by molar-refractivity contribution is 7.23. The zero-order valence-electron chi connectivity index (χ0n) is 20.9. The predicted molar refractivity (Wildman–Crippen MR) is 142 cm³/mol. The van der Waals surface area contributed by atoms with Crippen molar-refractivity contribution in [2.45, 2.75) is 19.6 Å². The van der Waals surface area contributed by atoms with Gasteiger partial charge in [0.1, 0.15) is 16.9 Å². The highest BCUT2D eigenvalue weighted by atomic mass is 32.1. The number of carbonyl (C=O) groups excluding carboxylic acids is 2. The van der Waals surface area contributed by atoms with Gasteiger partial charge in [0.2, 0.25) is 5.75 Å². The van der Waals surface area contributed by atoms with Crippen LogP contribution in [0.15, 0.2) is 60.7 Å². The van der Waals surface area contributed by atoms with Crippen molar-refractivity contribution in [3.63, 3.8) is 0 Å². The fraction of sp³-hybridized carbons (Fsp3) is 0.214. The van der Waals surface area contributed by atoms with Crippen LogP contribution in [0.25, 0.3) is 10.1 Å². The summed E-state index contributed by atoms with van der Waals surface area (Å²) in [6.07, 6.45) is -0.529. The standard InChI is InChI=1S/C28H26N2O6S/c1-16(31)36-20-12-8-11-19-23-27(37-25(19)20)29-26(30(28(23)32)15-17-9-6-5-7-10-17)18-13-21(33-2)24(35-4)22(14-18)34-3/h5-14,26,29H,15H2,1-4H3. The predicted octanol–water partition coefficient (Wildman–Crippen LogP) is 5.62. The molecule has 5 rings (SSSR count). The van der Waals surface area contributed by atoms with Gasteiger partial charge >= 0.3 is 5.97 Å². The number of esters is 1. The van der Waals surface area contributed by atoms with Gasteiger partial charge in [-0.3, -0.25) is 9.59 Å². The second-order valence-electron chi connectivity index (χ2n) is 8.46. The molecule has 0 saturated heterocycles. The van der Waals surface area contributed by atoms with Crippen LogP contribution in [0.5, 0.6) is 23.0 Å². The van der Waals surface area contributed by atoms with Crippen LogP contribution in [0.3, 0.4) is 0 Å². The number of ether oxygens (including phenoxy) is 4. The Morgan fingerprint density at radius 2 is 1.65 bits per heavy atom. The molecule has 1 aliphatic rings. The molecule has 0 radical (unpaired) electrons. The van der Waals surface area contributed by atoms with Crippen molar-refractivity contribution in [2.75, 3.05) is 26.6 Å². The molecule has 1 aliphatic heterocycles. The molecule has 4 aromatic rings. The molecule has 1 aromatic heterocycles. The molecule has 0 spiro atoms. The van der Waals surface area contributed by atoms with Crippen molar-refractivity contribution in [2.24, 2.45) is 0 Å². The fourth-order valence-corrected chi connectivity index (χ4v) is 5.74. The number of anilines is 1. The third-order valence-electron chi connectivity index (χ3n) is 6.19. The number of rotatable bonds is 7. The normalized spacial score (nSPS) is 14.6. The second-order valence-corrected chi connectivity index (χ2v) is 9.48. The Bertz CT molecular complexity index is 1460. The van der Waals surface area contributed by atoms with Gasteiger partial charge in [0.05, 0.1) is 31.6 Å². The maximum absolute atomic E-state index is 14.1. The van der Waals surface area contributed by atoms with Crippen molar-refractivity contribution in [3.05, 3.63) is 77.4 Å². The Morgan fingerprint density at radius 1 is 0.946 bits per heavy atom. The first-order valence-corrected chi connectivity index (χ1v) is 12.4. The minimum atomic E-state index is -0.529. The summed E-state index contributed by atoms with van der Waals surface area (Å²) in [6, 6.07) is 18.9. The van der Waals surface area contributed by atoms with Gasteiger partial charge < -0.3 is 29.2 Å². The Morgan fingerprint density at radius 3 is 2.27 bits per heavy atom. The molecule has 1 N–H and O–H groups in total. The van der Waals surface area contributed by atoms with Crippen LogP contribution in [0.4, 0.5) is 5.00 Å². The monoisotopic (exact) mass is 518 g/mol. The quantitative estimate of drug-likeness (QED) is 0.251. The Kier molecular flexibility index (Phi) is 6.62. The van der Waals surface area contributed by atoms with Crippen LogP contribution in [0.2, 0.25) is 0 Å². The molecule has 3 aromatic carbocycles. The van der Waals surface area contributed by atoms with Gasteiger partial charge in [-0.1, -0.05) is 42.5 Å². The van der Waals surface area contributed by atoms with Gasteiger partial charge in [-0.25, -0.2) is 0 Å². The number of carbonyl (C=O) groups is 2. The molecule has 0 aliphatic carbocycles. The van der Waals surface area contributed by atoms with Crippen molar-refractivity contribution in [1.29, 1.82) is 0 Å². The first kappa shape index (κ1) is 24.5. The smallest absolute Gasteiger partial charge is 0.308 e. The van der Waals surface area contributed by atoms with Crippen LogP contribution in [0.1, 0.15) is 34.6 Å². The lowest BCUT2D eigenvalue weighted by molar-refractivity contribution is -0.131. The van der Waals surface area contributed by atoms with E-state index in [0.29, 0.717) is 40.1 Å². The van der Waals surface area contributed by atoms with E-state index in [0.717, 1.165) is 21.2 Å². The third kappa shape index (κ3) is 4.42. The summed E-state index contributed by atoms with van der Waals surface area (Å²) in [5, 5.41) is 4.99. The Hall–Kier alpha value is -4.24. The minimum absolute atomic E-state index is 0.137. The van der Waals surface area contributed by atoms with E-state index in [1.807, 2.05) is 48.5 Å². The van der Waals surface area contributed by atoms with Crippen molar-refractivity contribution in [3.8, 4) is 23.0 Å². The second kappa shape index (κ2) is 10.0. The molecule has 9 heteroatoms. The van der Waals surface area contributed by atoms with E-state index >= 15 is 0 Å². The first-order valence-electron chi connectivity index (χ1n) is 11.6. The highest BCUT2D eigenvalue weighted by Crippen LogP contribution is 2.48. The molecule has 8 nitrogen and oxygen atoms in total. The number of fused-ring (bicyclic) bond motifs is 3. The number of amides is 1. The molecule has 1 unspecified atom stereocenters. The molecule has 0 bridgehead atoms. The molecule has 0 fully saturated rings. The van der Waals surface area contributed by atoms with Crippen molar-refractivity contribution >= 4 is 38.3 Å². The van der Waals surface area contributed by atoms with E-state index < -0.39 is 12.1 Å². The zero-order valence-corrected chi connectivity index (χ0v) is 21.7. The summed E-state index contributed by atoms with van der Waals surface area (Å²) in [7, 11) is 4.67. The van der Waals surface area contributed by atoms with Crippen LogP contribution in [-0.4, -0.2) is 38.1 Å². The van der Waals surface area contributed by atoms with Gasteiger partial charge in [0.25, 0.3) is 5.91 Å². The van der Waals surface area contributed by atoms with E-state index in [1.165, 1.54) is 18.3 Å². The number of hydrogen-bond donors (Lipinski definition) is 1. The molecule has 37 heavy (non-hydrogen) atoms. The third-order valence-corrected chi connectivity index (χ3v) is 7.34. The molecule has 1 amide bonds. The number of methoxy groups -OCH3 is 3. The van der Waals surface area contributed by atoms with Crippen molar-refractivity contribution in [1.82, 2.24) is 4.90 Å². The average molecular weight is 519 g/mol. The van der Waals surface area contributed by atoms with Crippen molar-refractivity contribution < 1.29 is 28.5 Å². The fourth-order valence-electron chi connectivity index (χ4n) is 4.57. The van der Waals surface area contributed by atoms with E-state index in [-0.39, 0.29) is 5.91 Å². The van der Waals surface area contributed by atoms with Crippen LogP contribution >= 0.6 is 11.3 Å². The lowest BCUT2D eigenvalue weighted by Gasteiger charge is -2.37. The Balaban J connectivity index is 1.67. The molecule has 1 atom stereocenters. The van der Waals surface area contributed by atoms with Gasteiger partial charge in [-0.2, -0.15) is 0 Å². The van der Waals surface area contributed by atoms with Gasteiger partial charge in [-0.15, -0.1) is 11.3 Å². The summed E-state index contributed by atoms with van der Waals surface area (Å²) in [5.41, 5.74) is 2.30. The summed E-state index contributed by atoms with van der Waals surface area (Å²) in [6.45, 7) is 1.73. The summed E-state index contributed by atoms with van der Waals surface area (Å²) >= 11 is 1.38.